The molecule has 0 spiro atoms. The second-order valence-corrected chi connectivity index (χ2v) is 5.03. The van der Waals surface area contributed by atoms with Crippen LogP contribution in [0.2, 0.25) is 0 Å². The van der Waals surface area contributed by atoms with Crippen LogP contribution in [0.4, 0.5) is 13.2 Å². The first-order chi connectivity index (χ1) is 10.3. The Bertz CT molecular complexity index is 842. The highest BCUT2D eigenvalue weighted by atomic mass is 32.1. The quantitative estimate of drug-likeness (QED) is 0.831. The molecule has 0 fully saturated rings. The van der Waals surface area contributed by atoms with Crippen LogP contribution in [0, 0.1) is 4.77 Å². The number of rotatable bonds is 2. The van der Waals surface area contributed by atoms with Gasteiger partial charge in [0, 0.05) is 6.42 Å². The van der Waals surface area contributed by atoms with Crippen molar-refractivity contribution in [2.75, 3.05) is 6.79 Å². The molecule has 5 nitrogen and oxygen atoms in total. The summed E-state index contributed by atoms with van der Waals surface area (Å²) in [5.74, 6) is 0.951. The van der Waals surface area contributed by atoms with Gasteiger partial charge >= 0.3 is 6.18 Å². The van der Waals surface area contributed by atoms with E-state index in [1.54, 1.807) is 18.2 Å². The van der Waals surface area contributed by atoms with Gasteiger partial charge in [0.05, 0.1) is 5.56 Å². The SMILES string of the molecule is O=c1[nH]c(=S)[nH]c(C(F)(F)F)c1Cc1ccc2c(c1)OCO2. The maximum absolute atomic E-state index is 13.1. The topological polar surface area (TPSA) is 67.1 Å². The zero-order valence-corrected chi connectivity index (χ0v) is 11.7. The predicted molar refractivity (Wildman–Crippen MR) is 72.6 cm³/mol. The van der Waals surface area contributed by atoms with E-state index in [2.05, 4.69) is 17.2 Å². The van der Waals surface area contributed by atoms with E-state index in [4.69, 9.17) is 9.47 Å². The van der Waals surface area contributed by atoms with Crippen molar-refractivity contribution >= 4 is 12.2 Å². The van der Waals surface area contributed by atoms with Crippen LogP contribution >= 0.6 is 12.2 Å². The lowest BCUT2D eigenvalue weighted by atomic mass is 10.0. The van der Waals surface area contributed by atoms with Crippen molar-refractivity contribution in [3.05, 3.63) is 50.1 Å². The first-order valence-electron chi connectivity index (χ1n) is 6.16. The molecule has 9 heteroatoms. The summed E-state index contributed by atoms with van der Waals surface area (Å²) in [6.07, 6.45) is -4.92. The van der Waals surface area contributed by atoms with Crippen LogP contribution in [0.1, 0.15) is 16.8 Å². The van der Waals surface area contributed by atoms with Crippen molar-refractivity contribution in [2.45, 2.75) is 12.6 Å². The summed E-state index contributed by atoms with van der Waals surface area (Å²) in [4.78, 5) is 16.0. The molecular formula is C13H9F3N2O3S. The van der Waals surface area contributed by atoms with Crippen molar-refractivity contribution in [3.63, 3.8) is 0 Å². The van der Waals surface area contributed by atoms with Crippen LogP contribution in [0.25, 0.3) is 0 Å². The molecule has 2 heterocycles. The number of benzene rings is 1. The third-order valence-corrected chi connectivity index (χ3v) is 3.35. The number of H-pyrrole nitrogens is 2. The van der Waals surface area contributed by atoms with Gasteiger partial charge in [0.2, 0.25) is 6.79 Å². The van der Waals surface area contributed by atoms with Gasteiger partial charge in [-0.2, -0.15) is 13.2 Å². The summed E-state index contributed by atoms with van der Waals surface area (Å²) in [5, 5.41) is 0. The van der Waals surface area contributed by atoms with Crippen LogP contribution in [0.5, 0.6) is 11.5 Å². The van der Waals surface area contributed by atoms with E-state index in [-0.39, 0.29) is 18.0 Å². The van der Waals surface area contributed by atoms with Crippen LogP contribution in [0.3, 0.4) is 0 Å². The van der Waals surface area contributed by atoms with Crippen molar-refractivity contribution in [3.8, 4) is 11.5 Å². The molecule has 0 atom stereocenters. The molecule has 1 aliphatic heterocycles. The Hall–Kier alpha value is -2.29. The van der Waals surface area contributed by atoms with Crippen LogP contribution in [0.15, 0.2) is 23.0 Å². The lowest BCUT2D eigenvalue weighted by molar-refractivity contribution is -0.142. The molecule has 2 aromatic rings. The van der Waals surface area contributed by atoms with Crippen LogP contribution < -0.4 is 15.0 Å². The van der Waals surface area contributed by atoms with Gasteiger partial charge in [-0.1, -0.05) is 6.07 Å². The maximum atomic E-state index is 13.1. The minimum absolute atomic E-state index is 0.0611. The number of aromatic amines is 2. The van der Waals surface area contributed by atoms with Crippen molar-refractivity contribution in [1.82, 2.24) is 9.97 Å². The molecule has 0 saturated carbocycles. The molecule has 0 bridgehead atoms. The van der Waals surface area contributed by atoms with E-state index in [9.17, 15) is 18.0 Å². The molecule has 0 saturated heterocycles. The number of hydrogen-bond acceptors (Lipinski definition) is 4. The van der Waals surface area contributed by atoms with Gasteiger partial charge in [-0.05, 0) is 29.9 Å². The number of alkyl halides is 3. The van der Waals surface area contributed by atoms with Gasteiger partial charge in [-0.3, -0.25) is 9.78 Å². The minimum Gasteiger partial charge on any atom is -0.454 e. The molecule has 116 valence electrons. The molecule has 22 heavy (non-hydrogen) atoms. The fourth-order valence-electron chi connectivity index (χ4n) is 2.18. The lowest BCUT2D eigenvalue weighted by Gasteiger charge is -2.12. The highest BCUT2D eigenvalue weighted by Crippen LogP contribution is 2.34. The monoisotopic (exact) mass is 330 g/mol. The Morgan fingerprint density at radius 3 is 2.64 bits per heavy atom. The van der Waals surface area contributed by atoms with Crippen LogP contribution in [-0.4, -0.2) is 16.8 Å². The standard InChI is InChI=1S/C13H9F3N2O3S/c14-13(15,16)10-7(11(19)18-12(22)17-10)3-6-1-2-8-9(4-6)21-5-20-8/h1-2,4H,3,5H2,(H2,17,18,19,22). The fourth-order valence-corrected chi connectivity index (χ4v) is 2.37. The molecule has 0 aliphatic carbocycles. The van der Waals surface area contributed by atoms with E-state index >= 15 is 0 Å². The van der Waals surface area contributed by atoms with Gasteiger partial charge in [0.25, 0.3) is 5.56 Å². The number of ether oxygens (including phenoxy) is 2. The van der Waals surface area contributed by atoms with E-state index in [0.29, 0.717) is 17.1 Å². The van der Waals surface area contributed by atoms with Crippen molar-refractivity contribution in [2.24, 2.45) is 0 Å². The summed E-state index contributed by atoms with van der Waals surface area (Å²) in [6.45, 7) is 0.0611. The van der Waals surface area contributed by atoms with Gasteiger partial charge in [0.15, 0.2) is 16.3 Å². The number of fused-ring (bicyclic) bond motifs is 1. The predicted octanol–water partition coefficient (Wildman–Crippen LogP) is 2.77. The number of halogens is 3. The third kappa shape index (κ3) is 2.71. The van der Waals surface area contributed by atoms with Gasteiger partial charge in [0.1, 0.15) is 5.69 Å². The average molecular weight is 330 g/mol. The summed E-state index contributed by atoms with van der Waals surface area (Å²) in [7, 11) is 0. The van der Waals surface area contributed by atoms with Crippen molar-refractivity contribution in [1.29, 1.82) is 0 Å². The first-order valence-corrected chi connectivity index (χ1v) is 6.56. The highest BCUT2D eigenvalue weighted by Gasteiger charge is 2.36. The van der Waals surface area contributed by atoms with Crippen molar-refractivity contribution < 1.29 is 22.6 Å². The van der Waals surface area contributed by atoms with E-state index in [1.165, 1.54) is 0 Å². The number of hydrogen-bond donors (Lipinski definition) is 2. The molecule has 1 aromatic heterocycles. The Morgan fingerprint density at radius 2 is 1.91 bits per heavy atom. The van der Waals surface area contributed by atoms with E-state index < -0.39 is 23.0 Å². The Morgan fingerprint density at radius 1 is 1.18 bits per heavy atom. The second kappa shape index (κ2) is 5.16. The summed E-state index contributed by atoms with van der Waals surface area (Å²) >= 11 is 4.60. The van der Waals surface area contributed by atoms with Gasteiger partial charge < -0.3 is 14.5 Å². The average Bonchev–Trinajstić information content (AvgIpc) is 2.87. The smallest absolute Gasteiger partial charge is 0.431 e. The molecule has 0 unspecified atom stereocenters. The van der Waals surface area contributed by atoms with Gasteiger partial charge in [-0.15, -0.1) is 0 Å². The Balaban J connectivity index is 2.05. The molecule has 0 radical (unpaired) electrons. The number of aromatic nitrogens is 2. The first kappa shape index (κ1) is 14.6. The molecule has 2 N–H and O–H groups in total. The third-order valence-electron chi connectivity index (χ3n) is 3.14. The summed E-state index contributed by atoms with van der Waals surface area (Å²) in [5.41, 5.74) is -1.95. The zero-order chi connectivity index (χ0) is 15.9. The fraction of sp³-hybridized carbons (Fsp3) is 0.231. The Labute approximate surface area is 126 Å². The summed E-state index contributed by atoms with van der Waals surface area (Å²) < 4.78 is 49.1. The summed E-state index contributed by atoms with van der Waals surface area (Å²) in [6, 6.07) is 4.71. The molecule has 0 amide bonds. The van der Waals surface area contributed by atoms with Crippen LogP contribution in [-0.2, 0) is 12.6 Å². The minimum atomic E-state index is -4.70. The zero-order valence-electron chi connectivity index (χ0n) is 10.9. The molecule has 1 aromatic carbocycles. The Kier molecular flexibility index (Phi) is 3.44. The normalized spacial score (nSPS) is 13.4. The van der Waals surface area contributed by atoms with E-state index in [1.807, 2.05) is 4.98 Å². The van der Waals surface area contributed by atoms with E-state index in [0.717, 1.165) is 0 Å². The molecule has 3 rings (SSSR count). The number of nitrogens with one attached hydrogen (secondary N) is 2. The second-order valence-electron chi connectivity index (χ2n) is 4.62. The maximum Gasteiger partial charge on any atom is 0.431 e. The van der Waals surface area contributed by atoms with Gasteiger partial charge in [-0.25, -0.2) is 0 Å². The highest BCUT2D eigenvalue weighted by molar-refractivity contribution is 7.71. The largest absolute Gasteiger partial charge is 0.454 e. The molecular weight excluding hydrogens is 321 g/mol. The molecule has 1 aliphatic rings. The lowest BCUT2D eigenvalue weighted by Crippen LogP contribution is -2.23.